The van der Waals surface area contributed by atoms with E-state index in [9.17, 15) is 4.79 Å². The van der Waals surface area contributed by atoms with Crippen molar-refractivity contribution < 1.29 is 14.6 Å². The molecular formula is C14H18Cl2N2O3. The summed E-state index contributed by atoms with van der Waals surface area (Å²) in [5.74, 6) is -0.804. The maximum absolute atomic E-state index is 11.1. The Morgan fingerprint density at radius 2 is 1.95 bits per heavy atom. The number of carboxylic acid groups (broad SMARTS) is 1. The predicted octanol–water partition coefficient (Wildman–Crippen LogP) is 2.32. The fourth-order valence-electron chi connectivity index (χ4n) is 2.20. The van der Waals surface area contributed by atoms with Crippen molar-refractivity contribution in [2.75, 3.05) is 46.4 Å². The molecule has 1 aromatic carbocycles. The zero-order chi connectivity index (χ0) is 15.4. The van der Waals surface area contributed by atoms with Gasteiger partial charge in [0.2, 0.25) is 0 Å². The lowest BCUT2D eigenvalue weighted by molar-refractivity contribution is 0.0696. The molecule has 1 aromatic rings. The summed E-state index contributed by atoms with van der Waals surface area (Å²) in [4.78, 5) is 15.7. The molecule has 0 aliphatic carbocycles. The van der Waals surface area contributed by atoms with Gasteiger partial charge >= 0.3 is 5.97 Å². The molecule has 2 rings (SSSR count). The lowest BCUT2D eigenvalue weighted by atomic mass is 10.2. The Hall–Kier alpha value is -1.01. The molecule has 0 aromatic heterocycles. The van der Waals surface area contributed by atoms with Crippen LogP contribution in [-0.4, -0.2) is 67.3 Å². The largest absolute Gasteiger partial charge is 0.491 e. The van der Waals surface area contributed by atoms with Crippen LogP contribution in [0.5, 0.6) is 5.75 Å². The second-order valence-corrected chi connectivity index (χ2v) is 5.82. The molecule has 0 unspecified atom stereocenters. The van der Waals surface area contributed by atoms with Crippen LogP contribution in [0.1, 0.15) is 10.4 Å². The van der Waals surface area contributed by atoms with Gasteiger partial charge < -0.3 is 14.7 Å². The van der Waals surface area contributed by atoms with Gasteiger partial charge in [-0.3, -0.25) is 4.90 Å². The minimum absolute atomic E-state index is 0.0494. The number of rotatable bonds is 5. The molecule has 1 fully saturated rings. The summed E-state index contributed by atoms with van der Waals surface area (Å²) in [5, 5.41) is 9.25. The van der Waals surface area contributed by atoms with Gasteiger partial charge in [0.1, 0.15) is 17.9 Å². The minimum atomic E-state index is -1.16. The lowest BCUT2D eigenvalue weighted by Crippen LogP contribution is -2.45. The Labute approximate surface area is 134 Å². The minimum Gasteiger partial charge on any atom is -0.491 e. The van der Waals surface area contributed by atoms with Crippen molar-refractivity contribution in [3.05, 3.63) is 27.7 Å². The Kier molecular flexibility index (Phi) is 5.70. The summed E-state index contributed by atoms with van der Waals surface area (Å²) >= 11 is 11.9. The first-order valence-electron chi connectivity index (χ1n) is 6.74. The van der Waals surface area contributed by atoms with Crippen LogP contribution in [0.3, 0.4) is 0 Å². The average molecular weight is 333 g/mol. The third-order valence-electron chi connectivity index (χ3n) is 3.53. The summed E-state index contributed by atoms with van der Waals surface area (Å²) in [6.45, 7) is 5.36. The standard InChI is InChI=1S/C14H18Cl2N2O3/c1-17-4-6-18(7-5-17)8-9-21-11-3-2-10(15)12(13(11)16)14(19)20/h2-3H,4-9H2,1H3,(H,19,20). The van der Waals surface area contributed by atoms with Gasteiger partial charge in [-0.2, -0.15) is 0 Å². The van der Waals surface area contributed by atoms with E-state index in [-0.39, 0.29) is 15.6 Å². The normalized spacial score (nSPS) is 16.9. The van der Waals surface area contributed by atoms with E-state index in [0.29, 0.717) is 12.4 Å². The number of carbonyl (C=O) groups is 1. The maximum atomic E-state index is 11.1. The lowest BCUT2D eigenvalue weighted by Gasteiger charge is -2.32. The predicted molar refractivity (Wildman–Crippen MR) is 82.9 cm³/mol. The molecular weight excluding hydrogens is 315 g/mol. The monoisotopic (exact) mass is 332 g/mol. The van der Waals surface area contributed by atoms with Crippen molar-refractivity contribution in [2.45, 2.75) is 0 Å². The number of likely N-dealkylation sites (N-methyl/N-ethyl adjacent to an activating group) is 1. The van der Waals surface area contributed by atoms with Crippen LogP contribution in [0.25, 0.3) is 0 Å². The number of piperazine rings is 1. The van der Waals surface area contributed by atoms with Crippen molar-refractivity contribution in [2.24, 2.45) is 0 Å². The van der Waals surface area contributed by atoms with Crippen LogP contribution in [-0.2, 0) is 0 Å². The second-order valence-electron chi connectivity index (χ2n) is 5.03. The number of benzene rings is 1. The van der Waals surface area contributed by atoms with Crippen LogP contribution >= 0.6 is 23.2 Å². The number of hydrogen-bond acceptors (Lipinski definition) is 4. The number of halogens is 2. The molecule has 1 saturated heterocycles. The zero-order valence-electron chi connectivity index (χ0n) is 11.8. The van der Waals surface area contributed by atoms with Gasteiger partial charge in [0.05, 0.1) is 10.0 Å². The van der Waals surface area contributed by atoms with E-state index in [1.807, 2.05) is 0 Å². The van der Waals surface area contributed by atoms with E-state index in [1.54, 1.807) is 6.07 Å². The Morgan fingerprint density at radius 3 is 2.57 bits per heavy atom. The topological polar surface area (TPSA) is 53.0 Å². The smallest absolute Gasteiger partial charge is 0.338 e. The molecule has 1 N–H and O–H groups in total. The number of ether oxygens (including phenoxy) is 1. The van der Waals surface area contributed by atoms with Gasteiger partial charge in [0.15, 0.2) is 0 Å². The highest BCUT2D eigenvalue weighted by atomic mass is 35.5. The summed E-state index contributed by atoms with van der Waals surface area (Å²) < 4.78 is 5.60. The van der Waals surface area contributed by atoms with E-state index in [0.717, 1.165) is 32.7 Å². The first-order valence-corrected chi connectivity index (χ1v) is 7.49. The van der Waals surface area contributed by atoms with Gasteiger partial charge in [0.25, 0.3) is 0 Å². The Morgan fingerprint density at radius 1 is 1.29 bits per heavy atom. The quantitative estimate of drug-likeness (QED) is 0.896. The second kappa shape index (κ2) is 7.31. The van der Waals surface area contributed by atoms with E-state index in [2.05, 4.69) is 16.8 Å². The first kappa shape index (κ1) is 16.4. The van der Waals surface area contributed by atoms with Crippen LogP contribution in [0.2, 0.25) is 10.0 Å². The third kappa shape index (κ3) is 4.23. The fraction of sp³-hybridized carbons (Fsp3) is 0.500. The van der Waals surface area contributed by atoms with Gasteiger partial charge in [-0.25, -0.2) is 4.79 Å². The highest BCUT2D eigenvalue weighted by molar-refractivity contribution is 6.40. The van der Waals surface area contributed by atoms with E-state index < -0.39 is 5.97 Å². The molecule has 1 heterocycles. The molecule has 0 saturated carbocycles. The molecule has 0 amide bonds. The fourth-order valence-corrected chi connectivity index (χ4v) is 2.78. The van der Waals surface area contributed by atoms with E-state index in [1.165, 1.54) is 6.07 Å². The molecule has 0 spiro atoms. The van der Waals surface area contributed by atoms with Gasteiger partial charge in [-0.1, -0.05) is 23.2 Å². The van der Waals surface area contributed by atoms with Crippen molar-refractivity contribution >= 4 is 29.2 Å². The highest BCUT2D eigenvalue weighted by Crippen LogP contribution is 2.33. The maximum Gasteiger partial charge on any atom is 0.338 e. The summed E-state index contributed by atoms with van der Waals surface area (Å²) in [5.41, 5.74) is -0.115. The summed E-state index contributed by atoms with van der Waals surface area (Å²) in [6, 6.07) is 3.09. The highest BCUT2D eigenvalue weighted by Gasteiger charge is 2.18. The molecule has 7 heteroatoms. The van der Waals surface area contributed by atoms with Gasteiger partial charge in [-0.15, -0.1) is 0 Å². The third-order valence-corrected chi connectivity index (χ3v) is 4.22. The van der Waals surface area contributed by atoms with Gasteiger partial charge in [-0.05, 0) is 19.2 Å². The van der Waals surface area contributed by atoms with Crippen molar-refractivity contribution in [1.82, 2.24) is 9.80 Å². The van der Waals surface area contributed by atoms with Crippen LogP contribution in [0.15, 0.2) is 12.1 Å². The Balaban J connectivity index is 1.92. The molecule has 21 heavy (non-hydrogen) atoms. The number of aromatic carboxylic acids is 1. The number of hydrogen-bond donors (Lipinski definition) is 1. The van der Waals surface area contributed by atoms with Gasteiger partial charge in [0, 0.05) is 32.7 Å². The van der Waals surface area contributed by atoms with E-state index in [4.69, 9.17) is 33.0 Å². The number of carboxylic acids is 1. The summed E-state index contributed by atoms with van der Waals surface area (Å²) in [6.07, 6.45) is 0. The van der Waals surface area contributed by atoms with Crippen molar-refractivity contribution in [3.63, 3.8) is 0 Å². The molecule has 0 radical (unpaired) electrons. The van der Waals surface area contributed by atoms with Crippen molar-refractivity contribution in [3.8, 4) is 5.75 Å². The molecule has 1 aliphatic heterocycles. The van der Waals surface area contributed by atoms with Crippen LogP contribution in [0, 0.1) is 0 Å². The average Bonchev–Trinajstić information content (AvgIpc) is 2.43. The molecule has 5 nitrogen and oxygen atoms in total. The Bertz CT molecular complexity index is 517. The first-order chi connectivity index (χ1) is 9.99. The van der Waals surface area contributed by atoms with Crippen molar-refractivity contribution in [1.29, 1.82) is 0 Å². The number of nitrogens with zero attached hydrogens (tertiary/aromatic N) is 2. The van der Waals surface area contributed by atoms with Crippen LogP contribution < -0.4 is 4.74 Å². The van der Waals surface area contributed by atoms with E-state index >= 15 is 0 Å². The zero-order valence-corrected chi connectivity index (χ0v) is 13.3. The molecule has 116 valence electrons. The molecule has 0 bridgehead atoms. The SMILES string of the molecule is CN1CCN(CCOc2ccc(Cl)c(C(=O)O)c2Cl)CC1. The molecule has 0 atom stereocenters. The molecule has 1 aliphatic rings. The summed E-state index contributed by atoms with van der Waals surface area (Å²) in [7, 11) is 2.11. The van der Waals surface area contributed by atoms with Crippen LogP contribution in [0.4, 0.5) is 0 Å².